The molecule has 0 bridgehead atoms. The third kappa shape index (κ3) is 5.48. The molecule has 0 aliphatic rings. The summed E-state index contributed by atoms with van der Waals surface area (Å²) in [5, 5.41) is 2.62. The van der Waals surface area contributed by atoms with Gasteiger partial charge in [-0.1, -0.05) is 26.0 Å². The number of ether oxygens (including phenoxy) is 1. The Morgan fingerprint density at radius 2 is 1.85 bits per heavy atom. The van der Waals surface area contributed by atoms with Gasteiger partial charge in [0, 0.05) is 6.54 Å². The molecular formula is C13H17F3N2O2. The molecule has 0 saturated heterocycles. The maximum Gasteiger partial charge on any atom is 0.573 e. The molecule has 0 aliphatic heterocycles. The fraction of sp³-hybridized carbons (Fsp3) is 0.462. The number of amides is 1. The molecule has 112 valence electrons. The zero-order chi connectivity index (χ0) is 15.3. The van der Waals surface area contributed by atoms with Crippen molar-refractivity contribution in [3.63, 3.8) is 0 Å². The minimum absolute atomic E-state index is 0.0116. The number of rotatable bonds is 5. The van der Waals surface area contributed by atoms with Gasteiger partial charge in [-0.05, 0) is 23.6 Å². The molecule has 0 heterocycles. The molecule has 1 aromatic carbocycles. The van der Waals surface area contributed by atoms with Crippen LogP contribution in [0.3, 0.4) is 0 Å². The molecule has 1 aromatic rings. The number of nitrogens with two attached hydrogens (primary N) is 1. The highest BCUT2D eigenvalue weighted by Gasteiger charge is 2.30. The van der Waals surface area contributed by atoms with Gasteiger partial charge in [0.15, 0.2) is 0 Å². The molecule has 0 spiro atoms. The summed E-state index contributed by atoms with van der Waals surface area (Å²) >= 11 is 0. The number of benzene rings is 1. The Bertz CT molecular complexity index is 444. The first-order chi connectivity index (χ1) is 9.19. The van der Waals surface area contributed by atoms with E-state index in [1.165, 1.54) is 24.3 Å². The second-order valence-electron chi connectivity index (χ2n) is 4.68. The summed E-state index contributed by atoms with van der Waals surface area (Å²) in [6, 6.07) is 4.67. The van der Waals surface area contributed by atoms with E-state index in [2.05, 4.69) is 10.1 Å². The Labute approximate surface area is 115 Å². The summed E-state index contributed by atoms with van der Waals surface area (Å²) in [7, 11) is 0. The van der Waals surface area contributed by atoms with Crippen molar-refractivity contribution in [1.29, 1.82) is 0 Å². The number of nitrogens with one attached hydrogen (secondary N) is 1. The normalized spacial score (nSPS) is 13.2. The van der Waals surface area contributed by atoms with Crippen LogP contribution in [0.15, 0.2) is 24.3 Å². The fourth-order valence-corrected chi connectivity index (χ4v) is 1.42. The molecule has 0 fully saturated rings. The van der Waals surface area contributed by atoms with E-state index in [-0.39, 0.29) is 24.1 Å². The molecule has 0 aliphatic carbocycles. The third-order valence-corrected chi connectivity index (χ3v) is 2.64. The van der Waals surface area contributed by atoms with Gasteiger partial charge in [0.1, 0.15) is 5.75 Å². The van der Waals surface area contributed by atoms with Crippen LogP contribution in [0.25, 0.3) is 0 Å². The van der Waals surface area contributed by atoms with Crippen molar-refractivity contribution in [3.05, 3.63) is 29.8 Å². The Hall–Kier alpha value is -1.76. The van der Waals surface area contributed by atoms with Crippen molar-refractivity contribution >= 4 is 5.91 Å². The van der Waals surface area contributed by atoms with E-state index in [0.29, 0.717) is 5.56 Å². The highest BCUT2D eigenvalue weighted by Crippen LogP contribution is 2.22. The van der Waals surface area contributed by atoms with E-state index in [1.54, 1.807) is 0 Å². The summed E-state index contributed by atoms with van der Waals surface area (Å²) in [5.41, 5.74) is 6.32. The lowest BCUT2D eigenvalue weighted by Crippen LogP contribution is -2.43. The number of carbonyl (C=O) groups is 1. The topological polar surface area (TPSA) is 64.4 Å². The van der Waals surface area contributed by atoms with Gasteiger partial charge in [0.2, 0.25) is 5.91 Å². The average Bonchev–Trinajstić information content (AvgIpc) is 2.34. The van der Waals surface area contributed by atoms with Crippen LogP contribution in [0, 0.1) is 5.92 Å². The standard InChI is InChI=1S/C13H17F3N2O2/c1-8(2)11(17)12(19)18-7-9-3-5-10(6-4-9)20-13(14,15)16/h3-6,8,11H,7,17H2,1-2H3,(H,18,19)/t11-/m1/s1. The molecule has 0 radical (unpaired) electrons. The summed E-state index contributed by atoms with van der Waals surface area (Å²) in [5.74, 6) is -0.584. The molecule has 20 heavy (non-hydrogen) atoms. The van der Waals surface area contributed by atoms with E-state index < -0.39 is 12.4 Å². The molecule has 3 N–H and O–H groups in total. The first kappa shape index (κ1) is 16.3. The third-order valence-electron chi connectivity index (χ3n) is 2.64. The minimum atomic E-state index is -4.71. The summed E-state index contributed by atoms with van der Waals surface area (Å²) < 4.78 is 39.6. The average molecular weight is 290 g/mol. The van der Waals surface area contributed by atoms with E-state index in [1.807, 2.05) is 13.8 Å². The van der Waals surface area contributed by atoms with Crippen LogP contribution < -0.4 is 15.8 Å². The Kier molecular flexibility index (Phi) is 5.38. The minimum Gasteiger partial charge on any atom is -0.406 e. The lowest BCUT2D eigenvalue weighted by atomic mass is 10.0. The summed E-state index contributed by atoms with van der Waals surface area (Å²) in [6.45, 7) is 3.85. The number of alkyl halides is 3. The summed E-state index contributed by atoms with van der Waals surface area (Å²) in [4.78, 5) is 11.6. The van der Waals surface area contributed by atoms with Crippen molar-refractivity contribution in [2.45, 2.75) is 32.8 Å². The van der Waals surface area contributed by atoms with Crippen LogP contribution in [0.1, 0.15) is 19.4 Å². The van der Waals surface area contributed by atoms with Crippen molar-refractivity contribution < 1.29 is 22.7 Å². The Balaban J connectivity index is 2.52. The van der Waals surface area contributed by atoms with Crippen LogP contribution >= 0.6 is 0 Å². The van der Waals surface area contributed by atoms with Crippen molar-refractivity contribution in [3.8, 4) is 5.75 Å². The van der Waals surface area contributed by atoms with E-state index >= 15 is 0 Å². The van der Waals surface area contributed by atoms with Crippen molar-refractivity contribution in [1.82, 2.24) is 5.32 Å². The number of hydrogen-bond acceptors (Lipinski definition) is 3. The second-order valence-corrected chi connectivity index (χ2v) is 4.68. The van der Waals surface area contributed by atoms with Crippen LogP contribution in [-0.4, -0.2) is 18.3 Å². The predicted molar refractivity (Wildman–Crippen MR) is 67.8 cm³/mol. The molecule has 0 aromatic heterocycles. The SMILES string of the molecule is CC(C)[C@@H](N)C(=O)NCc1ccc(OC(F)(F)F)cc1. The monoisotopic (exact) mass is 290 g/mol. The molecule has 1 rings (SSSR count). The van der Waals surface area contributed by atoms with Gasteiger partial charge in [0.25, 0.3) is 0 Å². The smallest absolute Gasteiger partial charge is 0.406 e. The maximum atomic E-state index is 12.0. The highest BCUT2D eigenvalue weighted by atomic mass is 19.4. The summed E-state index contributed by atoms with van der Waals surface area (Å²) in [6.07, 6.45) is -4.71. The molecule has 4 nitrogen and oxygen atoms in total. The van der Waals surface area contributed by atoms with Gasteiger partial charge in [-0.25, -0.2) is 0 Å². The predicted octanol–water partition coefficient (Wildman–Crippen LogP) is 2.18. The van der Waals surface area contributed by atoms with Crippen molar-refractivity contribution in [2.24, 2.45) is 11.7 Å². The van der Waals surface area contributed by atoms with Crippen LogP contribution in [-0.2, 0) is 11.3 Å². The first-order valence-electron chi connectivity index (χ1n) is 6.07. The number of halogens is 3. The van der Waals surface area contributed by atoms with Gasteiger partial charge >= 0.3 is 6.36 Å². The highest BCUT2D eigenvalue weighted by molar-refractivity contribution is 5.81. The molecule has 0 unspecified atom stereocenters. The Morgan fingerprint density at radius 1 is 1.30 bits per heavy atom. The molecule has 1 atom stereocenters. The van der Waals surface area contributed by atoms with Gasteiger partial charge in [-0.3, -0.25) is 4.79 Å². The van der Waals surface area contributed by atoms with E-state index in [0.717, 1.165) is 0 Å². The molecule has 7 heteroatoms. The van der Waals surface area contributed by atoms with Crippen LogP contribution in [0.2, 0.25) is 0 Å². The fourth-order valence-electron chi connectivity index (χ4n) is 1.42. The molecule has 0 saturated carbocycles. The number of carbonyl (C=O) groups excluding carboxylic acids is 1. The lowest BCUT2D eigenvalue weighted by molar-refractivity contribution is -0.274. The van der Waals surface area contributed by atoms with Crippen LogP contribution in [0.5, 0.6) is 5.75 Å². The van der Waals surface area contributed by atoms with Gasteiger partial charge in [-0.15, -0.1) is 13.2 Å². The van der Waals surface area contributed by atoms with Crippen molar-refractivity contribution in [2.75, 3.05) is 0 Å². The number of hydrogen-bond donors (Lipinski definition) is 2. The quantitative estimate of drug-likeness (QED) is 0.873. The first-order valence-corrected chi connectivity index (χ1v) is 6.07. The second kappa shape index (κ2) is 6.60. The van der Waals surface area contributed by atoms with E-state index in [9.17, 15) is 18.0 Å². The molecule has 1 amide bonds. The zero-order valence-corrected chi connectivity index (χ0v) is 11.2. The lowest BCUT2D eigenvalue weighted by Gasteiger charge is -2.15. The van der Waals surface area contributed by atoms with Crippen LogP contribution in [0.4, 0.5) is 13.2 Å². The van der Waals surface area contributed by atoms with Gasteiger partial charge in [0.05, 0.1) is 6.04 Å². The molecular weight excluding hydrogens is 273 g/mol. The largest absolute Gasteiger partial charge is 0.573 e. The Morgan fingerprint density at radius 3 is 2.30 bits per heavy atom. The zero-order valence-electron chi connectivity index (χ0n) is 11.2. The maximum absolute atomic E-state index is 12.0. The van der Waals surface area contributed by atoms with E-state index in [4.69, 9.17) is 5.73 Å². The van der Waals surface area contributed by atoms with Gasteiger partial charge in [-0.2, -0.15) is 0 Å². The van der Waals surface area contributed by atoms with Gasteiger partial charge < -0.3 is 15.8 Å².